The van der Waals surface area contributed by atoms with Crippen molar-refractivity contribution in [3.05, 3.63) is 119 Å². The number of hydrogen-bond acceptors (Lipinski definition) is 12. The molecule has 4 unspecified atom stereocenters. The Balaban J connectivity index is 0.797. The maximum Gasteiger partial charge on any atom is 0.246 e. The highest BCUT2D eigenvalue weighted by molar-refractivity contribution is 7.22. The molecule has 72 heavy (non-hydrogen) atoms. The third-order valence-electron chi connectivity index (χ3n) is 13.5. The van der Waals surface area contributed by atoms with Crippen LogP contribution in [0.1, 0.15) is 119 Å². The number of fused-ring (bicyclic) bond motifs is 1. The van der Waals surface area contributed by atoms with Gasteiger partial charge in [-0.15, -0.1) is 22.7 Å². The van der Waals surface area contributed by atoms with Gasteiger partial charge in [0.05, 0.1) is 28.2 Å². The molecule has 2 aromatic heterocycles. The van der Waals surface area contributed by atoms with E-state index >= 15 is 0 Å². The first-order valence-electron chi connectivity index (χ1n) is 25.1. The Morgan fingerprint density at radius 1 is 0.833 bits per heavy atom. The van der Waals surface area contributed by atoms with E-state index in [1.54, 1.807) is 65.9 Å². The zero-order valence-corrected chi connectivity index (χ0v) is 43.9. The number of likely N-dealkylation sites (N-methyl/N-ethyl adjacent to an activating group) is 1. The molecule has 0 saturated carbocycles. The number of amides is 3. The summed E-state index contributed by atoms with van der Waals surface area (Å²) in [4.78, 5) is 65.1. The number of nitrogens with one attached hydrogen (secondary N) is 2. The molecular formula is C57H69N5O8S2. The standard InChI is InChI=1S/C57H69N5O8S2/c1-7-61(30-31-70-45-26-21-39(22-27-45)51(67)50-46-28-25-43(64)33-48(46)72-53(50)41-19-23-42(63)24-20-41)29-13-11-9-8-10-12-14-49(66)60-54(57(4,5)6)56(69)62-34-44(65)32-47(62)55(68)59-36(2)38-15-17-40(18-16-38)52-37(3)58-35-71-52/h15-28,33,35-36,44,47,54,63-65H,7-14,29-32,34H2,1-6H3,(H,59,68)(H,60,66). The number of aryl methyl sites for hydroxylation is 1. The van der Waals surface area contributed by atoms with E-state index in [2.05, 4.69) is 27.4 Å². The van der Waals surface area contributed by atoms with Crippen LogP contribution in [0.2, 0.25) is 0 Å². The maximum absolute atomic E-state index is 14.1. The molecule has 3 heterocycles. The minimum absolute atomic E-state index is 0.0232. The monoisotopic (exact) mass is 1020 g/mol. The molecule has 6 aromatic rings. The number of aliphatic hydroxyl groups excluding tert-OH is 1. The number of likely N-dealkylation sites (tertiary alicyclic amines) is 1. The smallest absolute Gasteiger partial charge is 0.246 e. The average molecular weight is 1020 g/mol. The summed E-state index contributed by atoms with van der Waals surface area (Å²) in [6.45, 7) is 14.9. The van der Waals surface area contributed by atoms with Crippen LogP contribution in [0.3, 0.4) is 0 Å². The highest BCUT2D eigenvalue weighted by atomic mass is 32.1. The molecule has 382 valence electrons. The van der Waals surface area contributed by atoms with Crippen LogP contribution >= 0.6 is 22.7 Å². The maximum atomic E-state index is 14.1. The van der Waals surface area contributed by atoms with Crippen molar-refractivity contribution in [1.29, 1.82) is 0 Å². The summed E-state index contributed by atoms with van der Waals surface area (Å²) in [6, 6.07) is 24.9. The van der Waals surface area contributed by atoms with E-state index in [4.69, 9.17) is 4.74 Å². The van der Waals surface area contributed by atoms with E-state index < -0.39 is 23.6 Å². The van der Waals surface area contributed by atoms with Crippen LogP contribution in [-0.2, 0) is 14.4 Å². The van der Waals surface area contributed by atoms with Gasteiger partial charge in [-0.2, -0.15) is 0 Å². The van der Waals surface area contributed by atoms with Crippen molar-refractivity contribution in [2.75, 3.05) is 32.8 Å². The van der Waals surface area contributed by atoms with Gasteiger partial charge in [0, 0.05) is 52.0 Å². The van der Waals surface area contributed by atoms with Crippen molar-refractivity contribution in [2.24, 2.45) is 5.41 Å². The van der Waals surface area contributed by atoms with E-state index in [9.17, 15) is 34.5 Å². The van der Waals surface area contributed by atoms with Crippen LogP contribution in [0, 0.1) is 12.3 Å². The summed E-state index contributed by atoms with van der Waals surface area (Å²) < 4.78 is 6.90. The summed E-state index contributed by atoms with van der Waals surface area (Å²) in [5.41, 5.74) is 6.04. The number of phenolic OH excluding ortho intramolecular Hbond substituents is 2. The normalized spacial score (nSPS) is 15.7. The highest BCUT2D eigenvalue weighted by Gasteiger charge is 2.44. The van der Waals surface area contributed by atoms with Crippen LogP contribution in [0.25, 0.3) is 31.0 Å². The molecule has 4 aromatic carbocycles. The van der Waals surface area contributed by atoms with E-state index in [0.717, 1.165) is 94.0 Å². The number of β-amino-alcohol motifs (C(OH)–C–C–N with tert-alkyl or cyclic N) is 1. The number of thiophene rings is 1. The number of aliphatic hydroxyl groups is 1. The van der Waals surface area contributed by atoms with E-state index in [1.165, 1.54) is 16.2 Å². The lowest BCUT2D eigenvalue weighted by atomic mass is 9.85. The first-order valence-corrected chi connectivity index (χ1v) is 26.8. The number of carbonyl (C=O) groups is 4. The molecule has 0 radical (unpaired) electrons. The molecule has 1 fully saturated rings. The van der Waals surface area contributed by atoms with Gasteiger partial charge in [-0.3, -0.25) is 19.2 Å². The SMILES string of the molecule is CCN(CCCCCCCCC(=O)NC(C(=O)N1CC(O)CC1C(=O)NC(C)c1ccc(-c2scnc2C)cc1)C(C)(C)C)CCOc1ccc(C(=O)c2c(-c3ccc(O)cc3)sc3cc(O)ccc23)cc1. The van der Waals surface area contributed by atoms with Crippen LogP contribution in [0.15, 0.2) is 96.5 Å². The van der Waals surface area contributed by atoms with Crippen molar-refractivity contribution in [1.82, 2.24) is 25.4 Å². The van der Waals surface area contributed by atoms with Crippen LogP contribution in [-0.4, -0.2) is 105 Å². The number of hydrogen-bond donors (Lipinski definition) is 5. The number of aromatic nitrogens is 1. The lowest BCUT2D eigenvalue weighted by Gasteiger charge is -2.35. The number of thiazole rings is 1. The van der Waals surface area contributed by atoms with E-state index in [-0.39, 0.29) is 54.0 Å². The molecule has 0 aliphatic carbocycles. The number of nitrogens with zero attached hydrogens (tertiary/aromatic N) is 3. The van der Waals surface area contributed by atoms with Gasteiger partial charge in [0.2, 0.25) is 17.7 Å². The minimum atomic E-state index is -0.863. The third-order valence-corrected chi connectivity index (χ3v) is 15.6. The first kappa shape index (κ1) is 53.7. The second kappa shape index (κ2) is 24.5. The molecule has 0 bridgehead atoms. The predicted molar refractivity (Wildman–Crippen MR) is 287 cm³/mol. The van der Waals surface area contributed by atoms with Gasteiger partial charge in [-0.05, 0) is 129 Å². The molecule has 4 atom stereocenters. The van der Waals surface area contributed by atoms with E-state index in [1.807, 2.05) is 76.5 Å². The molecule has 1 saturated heterocycles. The van der Waals surface area contributed by atoms with Crippen LogP contribution in [0.4, 0.5) is 0 Å². The zero-order chi connectivity index (χ0) is 51.5. The molecule has 1 aliphatic rings. The highest BCUT2D eigenvalue weighted by Crippen LogP contribution is 2.42. The predicted octanol–water partition coefficient (Wildman–Crippen LogP) is 10.4. The molecule has 5 N–H and O–H groups in total. The Bertz CT molecular complexity index is 2780. The van der Waals surface area contributed by atoms with Crippen molar-refractivity contribution >= 4 is 56.3 Å². The van der Waals surface area contributed by atoms with Gasteiger partial charge < -0.3 is 40.5 Å². The Kier molecular flexibility index (Phi) is 18.3. The summed E-state index contributed by atoms with van der Waals surface area (Å²) in [6.07, 6.45) is 5.37. The van der Waals surface area contributed by atoms with Gasteiger partial charge in [-0.25, -0.2) is 4.98 Å². The van der Waals surface area contributed by atoms with Gasteiger partial charge in [0.15, 0.2) is 5.78 Å². The van der Waals surface area contributed by atoms with Crippen molar-refractivity contribution in [2.45, 2.75) is 117 Å². The number of ether oxygens (including phenoxy) is 1. The Morgan fingerprint density at radius 2 is 1.49 bits per heavy atom. The molecular weight excluding hydrogens is 947 g/mol. The number of unbranched alkanes of at least 4 members (excludes halogenated alkanes) is 5. The number of phenols is 2. The molecule has 3 amide bonds. The minimum Gasteiger partial charge on any atom is -0.508 e. The largest absolute Gasteiger partial charge is 0.508 e. The second-order valence-electron chi connectivity index (χ2n) is 19.9. The van der Waals surface area contributed by atoms with Crippen LogP contribution < -0.4 is 15.4 Å². The number of benzene rings is 4. The molecule has 1 aliphatic heterocycles. The van der Waals surface area contributed by atoms with E-state index in [0.29, 0.717) is 36.3 Å². The van der Waals surface area contributed by atoms with Gasteiger partial charge >= 0.3 is 0 Å². The molecule has 13 nitrogen and oxygen atoms in total. The van der Waals surface area contributed by atoms with Crippen molar-refractivity contribution in [3.63, 3.8) is 0 Å². The van der Waals surface area contributed by atoms with Crippen molar-refractivity contribution < 1.29 is 39.2 Å². The number of rotatable bonds is 23. The number of aromatic hydroxyl groups is 2. The third kappa shape index (κ3) is 13.7. The topological polar surface area (TPSA) is 182 Å². The second-order valence-corrected chi connectivity index (χ2v) is 21.8. The first-order chi connectivity index (χ1) is 34.5. The summed E-state index contributed by atoms with van der Waals surface area (Å²) in [5.74, 6) is -0.0764. The number of ketones is 1. The van der Waals surface area contributed by atoms with Gasteiger partial charge in [0.25, 0.3) is 0 Å². The Morgan fingerprint density at radius 3 is 2.15 bits per heavy atom. The molecule has 15 heteroatoms. The Hall–Kier alpha value is -6.13. The molecule has 7 rings (SSSR count). The summed E-state index contributed by atoms with van der Waals surface area (Å²) in [7, 11) is 0. The molecule has 0 spiro atoms. The fraction of sp³-hybridized carbons (Fsp3) is 0.421. The van der Waals surface area contributed by atoms with Crippen molar-refractivity contribution in [3.8, 4) is 38.1 Å². The summed E-state index contributed by atoms with van der Waals surface area (Å²) in [5, 5.41) is 37.5. The van der Waals surface area contributed by atoms with Gasteiger partial charge in [0.1, 0.15) is 35.9 Å². The average Bonchev–Trinajstić information content (AvgIpc) is 4.09. The lowest BCUT2D eigenvalue weighted by Crippen LogP contribution is -2.57. The fourth-order valence-electron chi connectivity index (χ4n) is 9.27. The zero-order valence-electron chi connectivity index (χ0n) is 42.3. The number of carbonyl (C=O) groups excluding carboxylic acids is 4. The summed E-state index contributed by atoms with van der Waals surface area (Å²) >= 11 is 3.01. The van der Waals surface area contributed by atoms with Gasteiger partial charge in [-0.1, -0.05) is 77.6 Å². The fourth-order valence-corrected chi connectivity index (χ4v) is 11.3. The lowest BCUT2D eigenvalue weighted by molar-refractivity contribution is -0.144. The van der Waals surface area contributed by atoms with Crippen LogP contribution in [0.5, 0.6) is 17.2 Å². The quantitative estimate of drug-likeness (QED) is 0.0306. The Labute approximate surface area is 431 Å².